The molecule has 1 fully saturated rings. The highest BCUT2D eigenvalue weighted by atomic mass is 32.1. The van der Waals surface area contributed by atoms with Crippen LogP contribution in [-0.2, 0) is 4.79 Å². The van der Waals surface area contributed by atoms with Crippen molar-refractivity contribution < 1.29 is 4.79 Å². The fourth-order valence-corrected chi connectivity index (χ4v) is 1.23. The summed E-state index contributed by atoms with van der Waals surface area (Å²) in [5.74, 6) is 0.0486. The number of piperazine rings is 1. The average Bonchev–Trinajstić information content (AvgIpc) is 1.85. The van der Waals surface area contributed by atoms with Gasteiger partial charge in [0, 0.05) is 19.6 Å². The van der Waals surface area contributed by atoms with E-state index in [4.69, 9.17) is 18.0 Å². The Morgan fingerprint density at radius 3 is 3.09 bits per heavy atom. The summed E-state index contributed by atoms with van der Waals surface area (Å²) in [7, 11) is 0. The van der Waals surface area contributed by atoms with E-state index in [0.717, 1.165) is 6.54 Å². The summed E-state index contributed by atoms with van der Waals surface area (Å²) >= 11 is 4.72. The van der Waals surface area contributed by atoms with Gasteiger partial charge in [-0.1, -0.05) is 12.2 Å². The van der Waals surface area contributed by atoms with E-state index in [1.807, 2.05) is 4.90 Å². The minimum Gasteiger partial charge on any atom is -0.392 e. The number of nitrogens with one attached hydrogen (secondary N) is 1. The first-order valence-corrected chi connectivity index (χ1v) is 3.86. The summed E-state index contributed by atoms with van der Waals surface area (Å²) in [6.07, 6.45) is 0. The highest BCUT2D eigenvalue weighted by Crippen LogP contribution is 1.91. The molecule has 1 heterocycles. The van der Waals surface area contributed by atoms with Crippen LogP contribution in [0.2, 0.25) is 0 Å². The van der Waals surface area contributed by atoms with E-state index in [9.17, 15) is 4.79 Å². The smallest absolute Gasteiger partial charge is 0.234 e. The molecule has 1 saturated heterocycles. The molecule has 0 saturated carbocycles. The number of thiocarbonyl (C=S) groups is 1. The molecular weight excluding hydrogens is 162 g/mol. The fourth-order valence-electron chi connectivity index (χ4n) is 1.05. The van der Waals surface area contributed by atoms with Crippen LogP contribution < -0.4 is 11.1 Å². The zero-order valence-corrected chi connectivity index (χ0v) is 6.99. The van der Waals surface area contributed by atoms with Gasteiger partial charge in [0.15, 0.2) is 0 Å². The van der Waals surface area contributed by atoms with E-state index in [1.54, 1.807) is 0 Å². The van der Waals surface area contributed by atoms with Crippen LogP contribution in [0.25, 0.3) is 0 Å². The highest BCUT2D eigenvalue weighted by Gasteiger charge is 2.15. The molecule has 0 atom stereocenters. The van der Waals surface area contributed by atoms with Gasteiger partial charge < -0.3 is 11.1 Å². The van der Waals surface area contributed by atoms with Crippen molar-refractivity contribution in [3.8, 4) is 0 Å². The molecule has 1 amide bonds. The summed E-state index contributed by atoms with van der Waals surface area (Å²) in [5.41, 5.74) is 5.33. The third kappa shape index (κ3) is 2.81. The number of carbonyl (C=O) groups excluding carboxylic acids is 1. The van der Waals surface area contributed by atoms with Gasteiger partial charge in [-0.25, -0.2) is 0 Å². The molecule has 0 bridgehead atoms. The van der Waals surface area contributed by atoms with Crippen molar-refractivity contribution in [3.05, 3.63) is 0 Å². The molecule has 0 spiro atoms. The number of hydrogen-bond acceptors (Lipinski definition) is 3. The molecule has 1 rings (SSSR count). The monoisotopic (exact) mass is 173 g/mol. The van der Waals surface area contributed by atoms with Gasteiger partial charge in [0.05, 0.1) is 11.5 Å². The molecule has 1 aliphatic heterocycles. The van der Waals surface area contributed by atoms with Gasteiger partial charge in [0.2, 0.25) is 5.91 Å². The molecule has 1 aliphatic rings. The van der Waals surface area contributed by atoms with Gasteiger partial charge in [-0.3, -0.25) is 9.69 Å². The van der Waals surface area contributed by atoms with Crippen molar-refractivity contribution in [1.29, 1.82) is 0 Å². The van der Waals surface area contributed by atoms with Crippen LogP contribution >= 0.6 is 12.2 Å². The first-order chi connectivity index (χ1) is 5.18. The van der Waals surface area contributed by atoms with E-state index >= 15 is 0 Å². The lowest BCUT2D eigenvalue weighted by molar-refractivity contribution is -0.123. The number of hydrogen-bond donors (Lipinski definition) is 2. The molecule has 0 aliphatic carbocycles. The average molecular weight is 173 g/mol. The molecule has 0 aromatic rings. The highest BCUT2D eigenvalue weighted by molar-refractivity contribution is 7.80. The molecule has 3 N–H and O–H groups in total. The topological polar surface area (TPSA) is 58.4 Å². The Morgan fingerprint density at radius 2 is 2.55 bits per heavy atom. The molecular formula is C6H11N3OS. The van der Waals surface area contributed by atoms with E-state index < -0.39 is 0 Å². The van der Waals surface area contributed by atoms with Crippen molar-refractivity contribution in [2.24, 2.45) is 5.73 Å². The number of rotatable bonds is 2. The SMILES string of the molecule is NC(=S)CN1CCNC(=O)C1. The Balaban J connectivity index is 2.34. The Kier molecular flexibility index (Phi) is 2.78. The Hall–Kier alpha value is -0.680. The Labute approximate surface area is 70.7 Å². The van der Waals surface area contributed by atoms with E-state index in [-0.39, 0.29) is 5.91 Å². The second-order valence-corrected chi connectivity index (χ2v) is 3.05. The minimum atomic E-state index is 0.0486. The van der Waals surface area contributed by atoms with Gasteiger partial charge in [0.1, 0.15) is 0 Å². The van der Waals surface area contributed by atoms with Crippen molar-refractivity contribution >= 4 is 23.1 Å². The first kappa shape index (κ1) is 8.42. The van der Waals surface area contributed by atoms with Crippen molar-refractivity contribution in [2.45, 2.75) is 0 Å². The minimum absolute atomic E-state index is 0.0486. The number of nitrogens with two attached hydrogens (primary N) is 1. The standard InChI is InChI=1S/C6H11N3OS/c7-5(11)3-9-2-1-8-6(10)4-9/h1-4H2,(H2,7,11)(H,8,10). The lowest BCUT2D eigenvalue weighted by Gasteiger charge is -2.25. The third-order valence-corrected chi connectivity index (χ3v) is 1.63. The third-order valence-electron chi connectivity index (χ3n) is 1.50. The normalized spacial score (nSPS) is 19.5. The van der Waals surface area contributed by atoms with Crippen LogP contribution in [0.4, 0.5) is 0 Å². The largest absolute Gasteiger partial charge is 0.392 e. The molecule has 0 unspecified atom stereocenters. The van der Waals surface area contributed by atoms with Crippen LogP contribution in [0.3, 0.4) is 0 Å². The second-order valence-electron chi connectivity index (χ2n) is 2.53. The zero-order chi connectivity index (χ0) is 8.27. The summed E-state index contributed by atoms with van der Waals surface area (Å²) in [6, 6.07) is 0. The van der Waals surface area contributed by atoms with Gasteiger partial charge in [-0.05, 0) is 0 Å². The second kappa shape index (κ2) is 3.64. The molecule has 0 aromatic heterocycles. The predicted molar refractivity (Wildman–Crippen MR) is 46.2 cm³/mol. The summed E-state index contributed by atoms with van der Waals surface area (Å²) in [5, 5.41) is 2.72. The lowest BCUT2D eigenvalue weighted by Crippen LogP contribution is -2.49. The summed E-state index contributed by atoms with van der Waals surface area (Å²) in [4.78, 5) is 13.2. The van der Waals surface area contributed by atoms with Gasteiger partial charge in [-0.15, -0.1) is 0 Å². The number of amides is 1. The van der Waals surface area contributed by atoms with Crippen molar-refractivity contribution in [2.75, 3.05) is 26.2 Å². The maximum Gasteiger partial charge on any atom is 0.234 e. The van der Waals surface area contributed by atoms with Crippen LogP contribution in [0.5, 0.6) is 0 Å². The van der Waals surface area contributed by atoms with E-state index in [0.29, 0.717) is 24.6 Å². The maximum atomic E-state index is 10.8. The predicted octanol–water partition coefficient (Wildman–Crippen LogP) is -1.30. The van der Waals surface area contributed by atoms with Gasteiger partial charge in [-0.2, -0.15) is 0 Å². The van der Waals surface area contributed by atoms with Gasteiger partial charge in [0.25, 0.3) is 0 Å². The van der Waals surface area contributed by atoms with E-state index in [2.05, 4.69) is 5.32 Å². The maximum absolute atomic E-state index is 10.8. The first-order valence-electron chi connectivity index (χ1n) is 3.46. The van der Waals surface area contributed by atoms with Crippen LogP contribution in [0, 0.1) is 0 Å². The van der Waals surface area contributed by atoms with Gasteiger partial charge >= 0.3 is 0 Å². The van der Waals surface area contributed by atoms with E-state index in [1.165, 1.54) is 0 Å². The lowest BCUT2D eigenvalue weighted by atomic mass is 10.3. The van der Waals surface area contributed by atoms with Crippen LogP contribution in [0.15, 0.2) is 0 Å². The molecule has 62 valence electrons. The molecule has 5 heteroatoms. The summed E-state index contributed by atoms with van der Waals surface area (Å²) < 4.78 is 0. The Bertz CT molecular complexity index is 181. The van der Waals surface area contributed by atoms with Crippen molar-refractivity contribution in [3.63, 3.8) is 0 Å². The number of nitrogens with zero attached hydrogens (tertiary/aromatic N) is 1. The molecule has 4 nitrogen and oxygen atoms in total. The van der Waals surface area contributed by atoms with Crippen LogP contribution in [0.1, 0.15) is 0 Å². The quantitative estimate of drug-likeness (QED) is 0.510. The molecule has 0 radical (unpaired) electrons. The van der Waals surface area contributed by atoms with Crippen LogP contribution in [-0.4, -0.2) is 42.0 Å². The summed E-state index contributed by atoms with van der Waals surface area (Å²) in [6.45, 7) is 2.49. The zero-order valence-electron chi connectivity index (χ0n) is 6.17. The Morgan fingerprint density at radius 1 is 1.82 bits per heavy atom. The fraction of sp³-hybridized carbons (Fsp3) is 0.667. The van der Waals surface area contributed by atoms with Crippen molar-refractivity contribution in [1.82, 2.24) is 10.2 Å². The number of carbonyl (C=O) groups is 1. The molecule has 11 heavy (non-hydrogen) atoms. The molecule has 0 aromatic carbocycles.